The molecule has 58 heavy (non-hydrogen) atoms. The van der Waals surface area contributed by atoms with E-state index in [1.807, 2.05) is 20.8 Å². The van der Waals surface area contributed by atoms with Crippen molar-refractivity contribution in [2.75, 3.05) is 77.3 Å². The van der Waals surface area contributed by atoms with Gasteiger partial charge in [0.05, 0.1) is 19.0 Å². The molecule has 3 fully saturated rings. The van der Waals surface area contributed by atoms with Gasteiger partial charge in [0.1, 0.15) is 11.2 Å². The van der Waals surface area contributed by atoms with Crippen LogP contribution in [0.3, 0.4) is 0 Å². The molecule has 3 rings (SSSR count). The summed E-state index contributed by atoms with van der Waals surface area (Å²) in [4.78, 5) is 29.6. The number of halogens is 4. The average molecular weight is 897 g/mol. The van der Waals surface area contributed by atoms with Crippen LogP contribution >= 0.6 is 15.9 Å². The van der Waals surface area contributed by atoms with Crippen LogP contribution in [0.25, 0.3) is 0 Å². The largest absolute Gasteiger partial charge is 0.460 e. The third-order valence-corrected chi connectivity index (χ3v) is 10.1. The Morgan fingerprint density at radius 2 is 1.02 bits per heavy atom. The van der Waals surface area contributed by atoms with E-state index in [2.05, 4.69) is 56.7 Å². The van der Waals surface area contributed by atoms with Crippen molar-refractivity contribution >= 4 is 28.0 Å². The Bertz CT molecular complexity index is 1090. The van der Waals surface area contributed by atoms with Crippen molar-refractivity contribution in [2.45, 2.75) is 163 Å². The lowest BCUT2D eigenvalue weighted by molar-refractivity contribution is -0.154. The molecule has 342 valence electrons. The topological polar surface area (TPSA) is 100 Å². The van der Waals surface area contributed by atoms with Crippen molar-refractivity contribution in [3.63, 3.8) is 0 Å². The summed E-state index contributed by atoms with van der Waals surface area (Å²) in [6.07, 6.45) is 18.4. The molecule has 0 radical (unpaired) electrons. The smallest absolute Gasteiger partial charge is 0.407 e. The minimum atomic E-state index is -0.544. The molecule has 0 atom stereocenters. The van der Waals surface area contributed by atoms with Gasteiger partial charge in [-0.2, -0.15) is 0 Å². The fraction of sp³-hybridized carbons (Fsp3) is 0.822. The van der Waals surface area contributed by atoms with Crippen LogP contribution in [0.5, 0.6) is 0 Å². The molecule has 0 aromatic heterocycles. The van der Waals surface area contributed by atoms with Gasteiger partial charge in [-0.25, -0.2) is 18.0 Å². The Balaban J connectivity index is 0. The Labute approximate surface area is 361 Å². The molecule has 1 saturated carbocycles. The van der Waals surface area contributed by atoms with Crippen molar-refractivity contribution in [1.82, 2.24) is 20.0 Å². The van der Waals surface area contributed by atoms with Crippen LogP contribution in [0.1, 0.15) is 152 Å². The van der Waals surface area contributed by atoms with E-state index in [1.54, 1.807) is 20.8 Å². The number of rotatable bonds is 14. The molecule has 2 aliphatic heterocycles. The first kappa shape index (κ1) is 58.2. The van der Waals surface area contributed by atoms with Gasteiger partial charge in [-0.05, 0) is 136 Å². The maximum absolute atomic E-state index is 12.9. The number of nitrogens with zero attached hydrogens (tertiary/aromatic N) is 3. The third-order valence-electron chi connectivity index (χ3n) is 9.42. The first-order valence-electron chi connectivity index (χ1n) is 22.0. The highest BCUT2D eigenvalue weighted by Gasteiger charge is 2.18. The van der Waals surface area contributed by atoms with Crippen LogP contribution in [-0.2, 0) is 14.3 Å². The zero-order valence-corrected chi connectivity index (χ0v) is 39.8. The molecule has 13 heteroatoms. The number of hydrogen-bond acceptors (Lipinski definition) is 8. The first-order chi connectivity index (χ1) is 27.5. The minimum Gasteiger partial charge on any atom is -0.460 e. The van der Waals surface area contributed by atoms with Crippen LogP contribution in [0.2, 0.25) is 0 Å². The molecular weight excluding hydrogens is 811 g/mol. The Morgan fingerprint density at radius 3 is 1.33 bits per heavy atom. The summed E-state index contributed by atoms with van der Waals surface area (Å²) in [5.74, 6) is -0.259. The average Bonchev–Trinajstić information content (AvgIpc) is 3.20. The number of hydrogen-bond donors (Lipinski definition) is 2. The highest BCUT2D eigenvalue weighted by atomic mass is 79.9. The highest BCUT2D eigenvalue weighted by molar-refractivity contribution is 9.09. The predicted octanol–water partition coefficient (Wildman–Crippen LogP) is 11.2. The summed E-state index contributed by atoms with van der Waals surface area (Å²) in [5.41, 5.74) is 6.21. The van der Waals surface area contributed by atoms with Crippen LogP contribution in [-0.4, -0.2) is 115 Å². The van der Waals surface area contributed by atoms with Crippen LogP contribution < -0.4 is 11.1 Å². The molecule has 2 heterocycles. The monoisotopic (exact) mass is 896 g/mol. The SMILES string of the molecule is C1CCCCC1.CC(C)(C)OC(=O)CCC(=CF)CN1CCCCC1.CC(C)(C)OC(=O)NCC(=CF)CBr.CCN(CC)CC.NCC(=CF)CN1CCCCC1. The van der Waals surface area contributed by atoms with Crippen LogP contribution in [0.4, 0.5) is 18.0 Å². The fourth-order valence-electron chi connectivity index (χ4n) is 6.12. The van der Waals surface area contributed by atoms with Gasteiger partial charge in [-0.15, -0.1) is 0 Å². The normalized spacial score (nSPS) is 17.2. The summed E-state index contributed by atoms with van der Waals surface area (Å²) in [6.45, 7) is 27.0. The lowest BCUT2D eigenvalue weighted by Crippen LogP contribution is -2.33. The molecule has 9 nitrogen and oxygen atoms in total. The van der Waals surface area contributed by atoms with Crippen LogP contribution in [0.15, 0.2) is 35.7 Å². The molecule has 3 N–H and O–H groups in total. The summed E-state index contributed by atoms with van der Waals surface area (Å²) in [7, 11) is 0. The predicted molar refractivity (Wildman–Crippen MR) is 241 cm³/mol. The quantitative estimate of drug-likeness (QED) is 0.131. The molecule has 0 unspecified atom stereocenters. The summed E-state index contributed by atoms with van der Waals surface area (Å²) in [5, 5.41) is 2.83. The maximum atomic E-state index is 12.9. The van der Waals surface area contributed by atoms with Crippen molar-refractivity contribution in [2.24, 2.45) is 5.73 Å². The molecule has 1 aliphatic carbocycles. The van der Waals surface area contributed by atoms with E-state index < -0.39 is 17.3 Å². The summed E-state index contributed by atoms with van der Waals surface area (Å²) < 4.78 is 47.2. The second-order valence-corrected chi connectivity index (χ2v) is 17.6. The van der Waals surface area contributed by atoms with E-state index in [0.29, 0.717) is 67.1 Å². The van der Waals surface area contributed by atoms with E-state index in [9.17, 15) is 22.8 Å². The summed E-state index contributed by atoms with van der Waals surface area (Å²) >= 11 is 3.09. The molecule has 0 aromatic rings. The van der Waals surface area contributed by atoms with E-state index in [4.69, 9.17) is 15.2 Å². The van der Waals surface area contributed by atoms with Gasteiger partial charge in [-0.3, -0.25) is 14.6 Å². The first-order valence-corrected chi connectivity index (χ1v) is 23.1. The number of nitrogens with two attached hydrogens (primary N) is 1. The lowest BCUT2D eigenvalue weighted by atomic mass is 10.0. The van der Waals surface area contributed by atoms with Gasteiger partial charge in [0.25, 0.3) is 0 Å². The standard InChI is InChI=1S/C15H26FNO2.C9H15BrFNO2.C9H17FN2.C6H15N.C6H12/c1-15(2,3)19-14(18)8-7-13(11-16)12-17-9-5-4-6-10-17;1-9(2,3)14-8(13)12-6-7(4-10)5-11;10-6-9(7-11)8-12-4-2-1-3-5-12;1-4-7(5-2)6-3;1-2-4-6-5-3-1/h11H,4-10,12H2,1-3H3;5H,4,6H2,1-3H3,(H,12,13);6H,1-5,7-8,11H2;4-6H2,1-3H3;1-6H2. The zero-order valence-electron chi connectivity index (χ0n) is 38.2. The summed E-state index contributed by atoms with van der Waals surface area (Å²) in [6, 6.07) is 0. The van der Waals surface area contributed by atoms with E-state index in [1.165, 1.54) is 96.7 Å². The number of alkyl halides is 1. The number of carbonyl (C=O) groups is 2. The number of alkyl carbamates (subject to hydrolysis) is 1. The Hall–Kier alpha value is -1.93. The van der Waals surface area contributed by atoms with Gasteiger partial charge < -0.3 is 25.4 Å². The number of amides is 1. The minimum absolute atomic E-state index is 0.149. The Morgan fingerprint density at radius 1 is 0.638 bits per heavy atom. The number of nitrogens with one attached hydrogen (secondary N) is 1. The van der Waals surface area contributed by atoms with E-state index >= 15 is 0 Å². The number of esters is 1. The van der Waals surface area contributed by atoms with E-state index in [0.717, 1.165) is 26.2 Å². The van der Waals surface area contributed by atoms with Gasteiger partial charge in [0, 0.05) is 37.9 Å². The molecule has 0 bridgehead atoms. The third kappa shape index (κ3) is 37.1. The van der Waals surface area contributed by atoms with Crippen molar-refractivity contribution in [1.29, 1.82) is 0 Å². The highest BCUT2D eigenvalue weighted by Crippen LogP contribution is 2.17. The zero-order chi connectivity index (χ0) is 44.2. The second kappa shape index (κ2) is 36.9. The molecule has 0 spiro atoms. The maximum Gasteiger partial charge on any atom is 0.407 e. The molecule has 0 aromatic carbocycles. The molecular formula is C45H85BrF3N5O4. The van der Waals surface area contributed by atoms with Crippen LogP contribution in [0, 0.1) is 0 Å². The number of ether oxygens (including phenoxy) is 2. The number of piperidine rings is 2. The van der Waals surface area contributed by atoms with E-state index in [-0.39, 0.29) is 18.9 Å². The molecule has 3 aliphatic rings. The van der Waals surface area contributed by atoms with Crippen molar-refractivity contribution < 1.29 is 32.2 Å². The van der Waals surface area contributed by atoms with Gasteiger partial charge >= 0.3 is 12.1 Å². The second-order valence-electron chi connectivity index (χ2n) is 17.0. The molecule has 1 amide bonds. The lowest BCUT2D eigenvalue weighted by Gasteiger charge is -2.27. The van der Waals surface area contributed by atoms with Crippen molar-refractivity contribution in [3.8, 4) is 0 Å². The van der Waals surface area contributed by atoms with Crippen molar-refractivity contribution in [3.05, 3.63) is 35.7 Å². The van der Waals surface area contributed by atoms with Gasteiger partial charge in [0.2, 0.25) is 0 Å². The molecule has 2 saturated heterocycles. The van der Waals surface area contributed by atoms with Gasteiger partial charge in [-0.1, -0.05) is 88.1 Å². The Kier molecular flexibility index (Phi) is 37.0. The fourth-order valence-corrected chi connectivity index (χ4v) is 6.44. The number of likely N-dealkylation sites (tertiary alicyclic amines) is 2. The van der Waals surface area contributed by atoms with Gasteiger partial charge in [0.15, 0.2) is 0 Å². The number of carbonyl (C=O) groups excluding carboxylic acids is 2.